The molecule has 0 aliphatic heterocycles. The molecule has 0 heterocycles. The van der Waals surface area contributed by atoms with E-state index in [1.807, 2.05) is 6.92 Å². The molecule has 0 bridgehead atoms. The Kier molecular flexibility index (Phi) is 6.16. The number of hydrogen-bond acceptors (Lipinski definition) is 3. The first-order chi connectivity index (χ1) is 11.3. The van der Waals surface area contributed by atoms with E-state index in [0.29, 0.717) is 28.8 Å². The Morgan fingerprint density at radius 1 is 1.29 bits per heavy atom. The summed E-state index contributed by atoms with van der Waals surface area (Å²) in [6, 6.07) is 3.39. The van der Waals surface area contributed by atoms with E-state index in [2.05, 4.69) is 12.2 Å². The lowest BCUT2D eigenvalue weighted by Gasteiger charge is -2.37. The minimum atomic E-state index is -0.925. The molecule has 0 saturated heterocycles. The van der Waals surface area contributed by atoms with Crippen molar-refractivity contribution in [2.45, 2.75) is 51.5 Å². The van der Waals surface area contributed by atoms with Gasteiger partial charge >= 0.3 is 5.97 Å². The molecule has 1 aromatic rings. The van der Waals surface area contributed by atoms with E-state index in [1.54, 1.807) is 12.1 Å². The molecule has 1 aliphatic rings. The number of esters is 1. The molecular formula is C18H23Cl2NO3. The molecule has 1 fully saturated rings. The first-order valence-corrected chi connectivity index (χ1v) is 8.87. The molecule has 2 rings (SSSR count). The summed E-state index contributed by atoms with van der Waals surface area (Å²) in [5, 5.41) is 3.91. The number of ether oxygens (including phenoxy) is 1. The van der Waals surface area contributed by atoms with Crippen LogP contribution < -0.4 is 5.32 Å². The van der Waals surface area contributed by atoms with Gasteiger partial charge in [-0.15, -0.1) is 0 Å². The summed E-state index contributed by atoms with van der Waals surface area (Å²) < 4.78 is 4.95. The fourth-order valence-electron chi connectivity index (χ4n) is 3.26. The number of carbonyl (C=O) groups excluding carboxylic acids is 2. The van der Waals surface area contributed by atoms with E-state index < -0.39 is 5.54 Å². The fourth-order valence-corrected chi connectivity index (χ4v) is 3.92. The molecule has 1 saturated carbocycles. The number of aryl methyl sites for hydroxylation is 1. The minimum Gasteiger partial charge on any atom is -0.467 e. The molecule has 4 nitrogen and oxygen atoms in total. The van der Waals surface area contributed by atoms with Crippen molar-refractivity contribution in [1.82, 2.24) is 5.32 Å². The number of methoxy groups -OCH3 is 1. The van der Waals surface area contributed by atoms with Gasteiger partial charge in [0.25, 0.3) is 0 Å². The molecule has 0 radical (unpaired) electrons. The molecule has 0 spiro atoms. The van der Waals surface area contributed by atoms with Crippen molar-refractivity contribution in [2.24, 2.45) is 5.92 Å². The van der Waals surface area contributed by atoms with Gasteiger partial charge in [-0.1, -0.05) is 30.1 Å². The second kappa shape index (κ2) is 7.75. The Labute approximate surface area is 152 Å². The van der Waals surface area contributed by atoms with Crippen LogP contribution in [0.25, 0.3) is 0 Å². The van der Waals surface area contributed by atoms with E-state index >= 15 is 0 Å². The smallest absolute Gasteiger partial charge is 0.331 e. The summed E-state index contributed by atoms with van der Waals surface area (Å²) in [4.78, 5) is 24.8. The predicted octanol–water partition coefficient (Wildman–Crippen LogP) is 4.08. The molecule has 1 N–H and O–H groups in total. The van der Waals surface area contributed by atoms with Gasteiger partial charge in [-0.3, -0.25) is 4.79 Å². The van der Waals surface area contributed by atoms with Crippen LogP contribution in [0, 0.1) is 12.8 Å². The van der Waals surface area contributed by atoms with Gasteiger partial charge in [0.2, 0.25) is 5.91 Å². The monoisotopic (exact) mass is 371 g/mol. The molecule has 1 aromatic carbocycles. The molecule has 1 amide bonds. The van der Waals surface area contributed by atoms with E-state index in [0.717, 1.165) is 24.0 Å². The number of nitrogens with one attached hydrogen (secondary N) is 1. The fraction of sp³-hybridized carbons (Fsp3) is 0.556. The zero-order valence-corrected chi connectivity index (χ0v) is 15.8. The Balaban J connectivity index is 2.16. The van der Waals surface area contributed by atoms with Gasteiger partial charge in [0.1, 0.15) is 5.54 Å². The Hall–Kier alpha value is -1.26. The predicted molar refractivity (Wildman–Crippen MR) is 95.4 cm³/mol. The third-order valence-electron chi connectivity index (χ3n) is 4.80. The second-order valence-electron chi connectivity index (χ2n) is 6.66. The summed E-state index contributed by atoms with van der Waals surface area (Å²) >= 11 is 12.2. The van der Waals surface area contributed by atoms with Gasteiger partial charge in [-0.25, -0.2) is 4.79 Å². The van der Waals surface area contributed by atoms with Crippen molar-refractivity contribution in [3.63, 3.8) is 0 Å². The average Bonchev–Trinajstić information content (AvgIpc) is 2.52. The van der Waals surface area contributed by atoms with Crippen molar-refractivity contribution in [1.29, 1.82) is 0 Å². The summed E-state index contributed by atoms with van der Waals surface area (Å²) in [5.41, 5.74) is 0.653. The van der Waals surface area contributed by atoms with Crippen molar-refractivity contribution >= 4 is 35.1 Å². The van der Waals surface area contributed by atoms with Crippen LogP contribution >= 0.6 is 23.2 Å². The molecule has 24 heavy (non-hydrogen) atoms. The van der Waals surface area contributed by atoms with Gasteiger partial charge in [-0.05, 0) is 61.8 Å². The molecule has 0 aromatic heterocycles. The summed E-state index contributed by atoms with van der Waals surface area (Å²) in [7, 11) is 1.36. The maximum Gasteiger partial charge on any atom is 0.331 e. The largest absolute Gasteiger partial charge is 0.467 e. The quantitative estimate of drug-likeness (QED) is 0.811. The third kappa shape index (κ3) is 4.22. The van der Waals surface area contributed by atoms with Crippen molar-refractivity contribution in [2.75, 3.05) is 7.11 Å². The molecular weight excluding hydrogens is 349 g/mol. The van der Waals surface area contributed by atoms with Crippen LogP contribution in [0.4, 0.5) is 0 Å². The van der Waals surface area contributed by atoms with Gasteiger partial charge in [0.15, 0.2) is 0 Å². The first kappa shape index (κ1) is 19.1. The zero-order valence-electron chi connectivity index (χ0n) is 14.2. The van der Waals surface area contributed by atoms with Crippen LogP contribution in [0.3, 0.4) is 0 Å². The van der Waals surface area contributed by atoms with Crippen LogP contribution in [-0.4, -0.2) is 24.5 Å². The number of amides is 1. The van der Waals surface area contributed by atoms with Gasteiger partial charge in [-0.2, -0.15) is 0 Å². The maximum absolute atomic E-state index is 12.6. The minimum absolute atomic E-state index is 0.107. The number of carbonyl (C=O) groups is 2. The van der Waals surface area contributed by atoms with Crippen LogP contribution in [-0.2, 0) is 20.7 Å². The summed E-state index contributed by atoms with van der Waals surface area (Å²) in [6.45, 7) is 4.01. The van der Waals surface area contributed by atoms with Crippen LogP contribution in [0.1, 0.15) is 43.7 Å². The van der Waals surface area contributed by atoms with Gasteiger partial charge < -0.3 is 10.1 Å². The highest BCUT2D eigenvalue weighted by Gasteiger charge is 2.43. The van der Waals surface area contributed by atoms with Crippen molar-refractivity contribution in [3.05, 3.63) is 33.3 Å². The van der Waals surface area contributed by atoms with E-state index in [4.69, 9.17) is 27.9 Å². The Morgan fingerprint density at radius 2 is 1.92 bits per heavy atom. The normalized spacial score (nSPS) is 23.6. The lowest BCUT2D eigenvalue weighted by atomic mass is 9.77. The Bertz CT molecular complexity index is 614. The van der Waals surface area contributed by atoms with Crippen molar-refractivity contribution < 1.29 is 14.3 Å². The highest BCUT2D eigenvalue weighted by atomic mass is 35.5. The highest BCUT2D eigenvalue weighted by molar-refractivity contribution is 6.35. The topological polar surface area (TPSA) is 55.4 Å². The molecule has 1 aliphatic carbocycles. The third-order valence-corrected chi connectivity index (χ3v) is 5.36. The molecule has 6 heteroatoms. The highest BCUT2D eigenvalue weighted by Crippen LogP contribution is 2.33. The number of halogens is 2. The first-order valence-electron chi connectivity index (χ1n) is 8.11. The maximum atomic E-state index is 12.6. The van der Waals surface area contributed by atoms with E-state index in [-0.39, 0.29) is 18.3 Å². The number of benzene rings is 1. The molecule has 0 atom stereocenters. The lowest BCUT2D eigenvalue weighted by Crippen LogP contribution is -2.57. The second-order valence-corrected chi connectivity index (χ2v) is 7.51. The van der Waals surface area contributed by atoms with Crippen molar-refractivity contribution in [3.8, 4) is 0 Å². The van der Waals surface area contributed by atoms with Crippen LogP contribution in [0.5, 0.6) is 0 Å². The average molecular weight is 372 g/mol. The standard InChI is InChI=1S/C18H23Cl2NO3/c1-11-4-6-18(7-5-11,17(23)24-3)21-16(22)10-14-12(2)8-13(19)9-15(14)20/h8-9,11H,4-7,10H2,1-3H3,(H,21,22). The van der Waals surface area contributed by atoms with E-state index in [1.165, 1.54) is 7.11 Å². The lowest BCUT2D eigenvalue weighted by molar-refractivity contribution is -0.153. The van der Waals surface area contributed by atoms with Crippen LogP contribution in [0.15, 0.2) is 12.1 Å². The van der Waals surface area contributed by atoms with Crippen LogP contribution in [0.2, 0.25) is 10.0 Å². The molecule has 132 valence electrons. The summed E-state index contributed by atoms with van der Waals surface area (Å²) in [5.74, 6) is -0.0587. The van der Waals surface area contributed by atoms with E-state index in [9.17, 15) is 9.59 Å². The number of hydrogen-bond donors (Lipinski definition) is 1. The van der Waals surface area contributed by atoms with Gasteiger partial charge in [0, 0.05) is 10.0 Å². The number of rotatable bonds is 4. The molecule has 0 unspecified atom stereocenters. The summed E-state index contributed by atoms with van der Waals surface area (Å²) in [6.07, 6.45) is 3.07. The Morgan fingerprint density at radius 3 is 2.46 bits per heavy atom. The SMILES string of the molecule is COC(=O)C1(NC(=O)Cc2c(C)cc(Cl)cc2Cl)CCC(C)CC1. The zero-order chi connectivity index (χ0) is 17.9. The van der Waals surface area contributed by atoms with Gasteiger partial charge in [0.05, 0.1) is 13.5 Å².